The lowest BCUT2D eigenvalue weighted by Gasteiger charge is -2.14. The Kier molecular flexibility index (Phi) is 2.01. The van der Waals surface area contributed by atoms with E-state index in [2.05, 4.69) is 32.3 Å². The second-order valence-electron chi connectivity index (χ2n) is 5.36. The standard InChI is InChI=1S/C14H16N4/c1-9-3-2-4-11(9)14-17-8-10-7-16-13-12(18(10)14)5-6-15-13/h5-9,11,15H,2-4H2,1H3/t9-,11+/m1/s1. The summed E-state index contributed by atoms with van der Waals surface area (Å²) in [6.07, 6.45) is 9.69. The summed E-state index contributed by atoms with van der Waals surface area (Å²) in [4.78, 5) is 12.2. The van der Waals surface area contributed by atoms with E-state index in [4.69, 9.17) is 0 Å². The third kappa shape index (κ3) is 1.26. The van der Waals surface area contributed by atoms with Crippen LogP contribution in [0, 0.1) is 5.92 Å². The van der Waals surface area contributed by atoms with E-state index in [-0.39, 0.29) is 0 Å². The van der Waals surface area contributed by atoms with Crippen LogP contribution in [0.25, 0.3) is 16.7 Å². The van der Waals surface area contributed by atoms with Gasteiger partial charge in [0.15, 0.2) is 5.65 Å². The van der Waals surface area contributed by atoms with Crippen molar-refractivity contribution >= 4 is 16.7 Å². The summed E-state index contributed by atoms with van der Waals surface area (Å²) >= 11 is 0. The summed E-state index contributed by atoms with van der Waals surface area (Å²) in [5, 5.41) is 0. The monoisotopic (exact) mass is 240 g/mol. The zero-order valence-electron chi connectivity index (χ0n) is 10.4. The van der Waals surface area contributed by atoms with Crippen LogP contribution in [-0.2, 0) is 0 Å². The van der Waals surface area contributed by atoms with Gasteiger partial charge in [-0.3, -0.25) is 4.40 Å². The number of hydrogen-bond acceptors (Lipinski definition) is 2. The fourth-order valence-electron chi connectivity index (χ4n) is 3.29. The van der Waals surface area contributed by atoms with E-state index < -0.39 is 0 Å². The molecule has 0 radical (unpaired) electrons. The molecule has 3 aromatic heterocycles. The number of fused-ring (bicyclic) bond motifs is 3. The minimum atomic E-state index is 0.591. The molecule has 0 amide bonds. The first kappa shape index (κ1) is 10.1. The molecule has 4 heteroatoms. The van der Waals surface area contributed by atoms with Crippen molar-refractivity contribution in [2.24, 2.45) is 5.92 Å². The smallest absolute Gasteiger partial charge is 0.154 e. The van der Waals surface area contributed by atoms with Gasteiger partial charge in [-0.2, -0.15) is 0 Å². The van der Waals surface area contributed by atoms with Gasteiger partial charge in [0.05, 0.1) is 23.4 Å². The lowest BCUT2D eigenvalue weighted by atomic mass is 9.97. The van der Waals surface area contributed by atoms with Crippen LogP contribution < -0.4 is 0 Å². The van der Waals surface area contributed by atoms with Crippen molar-refractivity contribution in [3.05, 3.63) is 30.5 Å². The number of nitrogens with one attached hydrogen (secondary N) is 1. The molecular formula is C14H16N4. The molecule has 2 atom stereocenters. The van der Waals surface area contributed by atoms with E-state index in [1.165, 1.54) is 25.1 Å². The van der Waals surface area contributed by atoms with Gasteiger partial charge in [-0.15, -0.1) is 0 Å². The van der Waals surface area contributed by atoms with Gasteiger partial charge >= 0.3 is 0 Å². The topological polar surface area (TPSA) is 46.0 Å². The number of hydrogen-bond donors (Lipinski definition) is 1. The Balaban J connectivity index is 2.02. The lowest BCUT2D eigenvalue weighted by molar-refractivity contribution is 0.510. The maximum absolute atomic E-state index is 4.67. The largest absolute Gasteiger partial charge is 0.345 e. The summed E-state index contributed by atoms with van der Waals surface area (Å²) in [5.74, 6) is 2.53. The Morgan fingerprint density at radius 1 is 1.28 bits per heavy atom. The zero-order chi connectivity index (χ0) is 12.1. The quantitative estimate of drug-likeness (QED) is 0.710. The van der Waals surface area contributed by atoms with Crippen LogP contribution in [-0.4, -0.2) is 19.4 Å². The maximum atomic E-state index is 4.67. The lowest BCUT2D eigenvalue weighted by Crippen LogP contribution is -2.07. The first-order valence-corrected chi connectivity index (χ1v) is 6.64. The number of H-pyrrole nitrogens is 1. The van der Waals surface area contributed by atoms with E-state index in [9.17, 15) is 0 Å². The highest BCUT2D eigenvalue weighted by atomic mass is 15.1. The first-order valence-electron chi connectivity index (χ1n) is 6.64. The van der Waals surface area contributed by atoms with E-state index >= 15 is 0 Å². The predicted molar refractivity (Wildman–Crippen MR) is 70.6 cm³/mol. The second-order valence-corrected chi connectivity index (χ2v) is 5.36. The number of rotatable bonds is 1. The van der Waals surface area contributed by atoms with Gasteiger partial charge in [-0.25, -0.2) is 9.97 Å². The molecule has 0 unspecified atom stereocenters. The predicted octanol–water partition coefficient (Wildman–Crippen LogP) is 3.11. The third-order valence-corrected chi connectivity index (χ3v) is 4.28. The molecule has 3 heterocycles. The van der Waals surface area contributed by atoms with Crippen LogP contribution in [0.4, 0.5) is 0 Å². The summed E-state index contributed by atoms with van der Waals surface area (Å²) in [7, 11) is 0. The molecule has 18 heavy (non-hydrogen) atoms. The van der Waals surface area contributed by atoms with Gasteiger partial charge in [0, 0.05) is 12.1 Å². The molecule has 0 saturated heterocycles. The van der Waals surface area contributed by atoms with Crippen molar-refractivity contribution in [1.82, 2.24) is 19.4 Å². The summed E-state index contributed by atoms with van der Waals surface area (Å²) in [6.45, 7) is 2.34. The SMILES string of the molecule is C[C@@H]1CCC[C@@H]1c1ncc2cnc3[nH]ccc3n12. The van der Waals surface area contributed by atoms with Crippen molar-refractivity contribution in [3.8, 4) is 0 Å². The highest BCUT2D eigenvalue weighted by Gasteiger charge is 2.28. The molecule has 1 fully saturated rings. The first-order chi connectivity index (χ1) is 8.84. The van der Waals surface area contributed by atoms with Crippen molar-refractivity contribution in [2.45, 2.75) is 32.1 Å². The Morgan fingerprint density at radius 2 is 2.17 bits per heavy atom. The molecule has 1 saturated carbocycles. The van der Waals surface area contributed by atoms with Crippen molar-refractivity contribution in [2.75, 3.05) is 0 Å². The number of aromatic nitrogens is 4. The van der Waals surface area contributed by atoms with Gasteiger partial charge in [0.25, 0.3) is 0 Å². The van der Waals surface area contributed by atoms with Crippen LogP contribution in [0.15, 0.2) is 24.7 Å². The number of imidazole rings is 1. The number of nitrogens with zero attached hydrogens (tertiary/aromatic N) is 3. The number of aromatic amines is 1. The molecule has 1 aliphatic rings. The molecular weight excluding hydrogens is 224 g/mol. The fourth-order valence-corrected chi connectivity index (χ4v) is 3.29. The van der Waals surface area contributed by atoms with Crippen molar-refractivity contribution < 1.29 is 0 Å². The van der Waals surface area contributed by atoms with Crippen LogP contribution in [0.2, 0.25) is 0 Å². The summed E-state index contributed by atoms with van der Waals surface area (Å²) in [5.41, 5.74) is 3.17. The summed E-state index contributed by atoms with van der Waals surface area (Å²) in [6, 6.07) is 2.08. The Labute approximate surface area is 105 Å². The van der Waals surface area contributed by atoms with E-state index in [1.807, 2.05) is 18.6 Å². The van der Waals surface area contributed by atoms with Gasteiger partial charge in [-0.1, -0.05) is 13.3 Å². The molecule has 0 aromatic carbocycles. The van der Waals surface area contributed by atoms with Gasteiger partial charge in [-0.05, 0) is 24.8 Å². The zero-order valence-corrected chi connectivity index (χ0v) is 10.4. The average molecular weight is 240 g/mol. The Morgan fingerprint density at radius 3 is 3.00 bits per heavy atom. The molecule has 0 spiro atoms. The minimum Gasteiger partial charge on any atom is -0.345 e. The van der Waals surface area contributed by atoms with Gasteiger partial charge in [0.2, 0.25) is 0 Å². The second kappa shape index (κ2) is 3.57. The Bertz CT molecular complexity index is 709. The molecule has 0 aliphatic heterocycles. The molecule has 4 rings (SSSR count). The van der Waals surface area contributed by atoms with Crippen molar-refractivity contribution in [3.63, 3.8) is 0 Å². The molecule has 0 bridgehead atoms. The van der Waals surface area contributed by atoms with E-state index in [0.717, 1.165) is 22.6 Å². The van der Waals surface area contributed by atoms with E-state index in [0.29, 0.717) is 5.92 Å². The highest BCUT2D eigenvalue weighted by molar-refractivity contribution is 5.75. The van der Waals surface area contributed by atoms with Gasteiger partial charge < -0.3 is 4.98 Å². The molecule has 3 aromatic rings. The van der Waals surface area contributed by atoms with Gasteiger partial charge in [0.1, 0.15) is 5.82 Å². The average Bonchev–Trinajstić information content (AvgIpc) is 3.04. The van der Waals surface area contributed by atoms with Crippen LogP contribution in [0.3, 0.4) is 0 Å². The van der Waals surface area contributed by atoms with Crippen LogP contribution in [0.5, 0.6) is 0 Å². The molecule has 1 N–H and O–H groups in total. The van der Waals surface area contributed by atoms with Crippen LogP contribution in [0.1, 0.15) is 37.9 Å². The Hall–Kier alpha value is -1.84. The molecule has 4 nitrogen and oxygen atoms in total. The normalized spacial score (nSPS) is 24.3. The molecule has 92 valence electrons. The van der Waals surface area contributed by atoms with Crippen LogP contribution >= 0.6 is 0 Å². The highest BCUT2D eigenvalue weighted by Crippen LogP contribution is 2.39. The summed E-state index contributed by atoms with van der Waals surface area (Å²) < 4.78 is 2.27. The van der Waals surface area contributed by atoms with E-state index in [1.54, 1.807) is 0 Å². The van der Waals surface area contributed by atoms with Crippen molar-refractivity contribution in [1.29, 1.82) is 0 Å². The maximum Gasteiger partial charge on any atom is 0.154 e. The minimum absolute atomic E-state index is 0.591. The molecule has 1 aliphatic carbocycles. The fraction of sp³-hybridized carbons (Fsp3) is 0.429. The third-order valence-electron chi connectivity index (χ3n) is 4.28.